The van der Waals surface area contributed by atoms with Crippen molar-refractivity contribution < 1.29 is 9.15 Å². The first-order chi connectivity index (χ1) is 12.4. The van der Waals surface area contributed by atoms with Crippen molar-refractivity contribution in [2.45, 2.75) is 38.2 Å². The number of nitrogens with zero attached hydrogens (tertiary/aromatic N) is 3. The second kappa shape index (κ2) is 5.92. The maximum Gasteiger partial charge on any atom is 0.232 e. The first-order valence-corrected chi connectivity index (χ1v) is 8.87. The van der Waals surface area contributed by atoms with Crippen LogP contribution in [0.15, 0.2) is 53.1 Å². The Morgan fingerprint density at radius 2 is 1.92 bits per heavy atom. The van der Waals surface area contributed by atoms with Crippen LogP contribution in [0.25, 0.3) is 28.1 Å². The highest BCUT2D eigenvalue weighted by Crippen LogP contribution is 2.29. The highest BCUT2D eigenvalue weighted by molar-refractivity contribution is 5.82. The summed E-state index contributed by atoms with van der Waals surface area (Å²) in [6.07, 6.45) is 8.08. The van der Waals surface area contributed by atoms with Crippen LogP contribution < -0.4 is 4.74 Å². The van der Waals surface area contributed by atoms with Crippen molar-refractivity contribution in [1.29, 1.82) is 0 Å². The van der Waals surface area contributed by atoms with Crippen molar-refractivity contribution >= 4 is 16.6 Å². The Hall–Kier alpha value is -2.82. The molecule has 0 N–H and O–H groups in total. The van der Waals surface area contributed by atoms with Crippen molar-refractivity contribution in [1.82, 2.24) is 14.6 Å². The molecule has 25 heavy (non-hydrogen) atoms. The van der Waals surface area contributed by atoms with Crippen LogP contribution in [0.5, 0.6) is 5.88 Å². The summed E-state index contributed by atoms with van der Waals surface area (Å²) in [5, 5.41) is 5.72. The maximum atomic E-state index is 6.09. The minimum Gasteiger partial charge on any atom is -0.473 e. The van der Waals surface area contributed by atoms with E-state index in [4.69, 9.17) is 9.15 Å². The van der Waals surface area contributed by atoms with Gasteiger partial charge in [-0.05, 0) is 43.9 Å². The lowest BCUT2D eigenvalue weighted by Crippen LogP contribution is -2.20. The smallest absolute Gasteiger partial charge is 0.232 e. The summed E-state index contributed by atoms with van der Waals surface area (Å²) in [4.78, 5) is 4.44. The van der Waals surface area contributed by atoms with E-state index >= 15 is 0 Å². The number of para-hydroxylation sites is 1. The molecule has 3 heterocycles. The van der Waals surface area contributed by atoms with E-state index in [1.165, 1.54) is 19.3 Å². The Labute approximate surface area is 145 Å². The van der Waals surface area contributed by atoms with Crippen LogP contribution in [-0.2, 0) is 0 Å². The van der Waals surface area contributed by atoms with Gasteiger partial charge in [-0.1, -0.05) is 24.6 Å². The SMILES string of the molecule is c1ccc2oc(-c3cnc4ccc(OC5CCCCC5)nn34)cc2c1. The van der Waals surface area contributed by atoms with Crippen LogP contribution in [0, 0.1) is 0 Å². The Kier molecular flexibility index (Phi) is 3.44. The number of rotatable bonds is 3. The molecular formula is C20H19N3O2. The van der Waals surface area contributed by atoms with Crippen molar-refractivity contribution in [3.8, 4) is 17.3 Å². The molecule has 3 aromatic heterocycles. The molecule has 0 radical (unpaired) electrons. The van der Waals surface area contributed by atoms with Gasteiger partial charge >= 0.3 is 0 Å². The second-order valence-corrected chi connectivity index (χ2v) is 6.61. The van der Waals surface area contributed by atoms with E-state index in [0.29, 0.717) is 5.88 Å². The van der Waals surface area contributed by atoms with Gasteiger partial charge < -0.3 is 9.15 Å². The Bertz CT molecular complexity index is 995. The van der Waals surface area contributed by atoms with E-state index in [-0.39, 0.29) is 6.10 Å². The van der Waals surface area contributed by atoms with E-state index in [9.17, 15) is 0 Å². The summed E-state index contributed by atoms with van der Waals surface area (Å²) in [7, 11) is 0. The summed E-state index contributed by atoms with van der Waals surface area (Å²) in [6.45, 7) is 0. The Morgan fingerprint density at radius 1 is 1.04 bits per heavy atom. The van der Waals surface area contributed by atoms with Gasteiger partial charge in [0.1, 0.15) is 17.4 Å². The van der Waals surface area contributed by atoms with E-state index in [2.05, 4.69) is 10.1 Å². The molecule has 0 unspecified atom stereocenters. The second-order valence-electron chi connectivity index (χ2n) is 6.61. The lowest BCUT2D eigenvalue weighted by molar-refractivity contribution is 0.147. The topological polar surface area (TPSA) is 52.6 Å². The average Bonchev–Trinajstić information content (AvgIpc) is 3.25. The predicted octanol–water partition coefficient (Wildman–Crippen LogP) is 4.85. The summed E-state index contributed by atoms with van der Waals surface area (Å²) in [6, 6.07) is 13.8. The highest BCUT2D eigenvalue weighted by atomic mass is 16.5. The molecule has 1 saturated carbocycles. The fourth-order valence-corrected chi connectivity index (χ4v) is 3.55. The standard InChI is InChI=1S/C20H19N3O2/c1-2-7-15(8-3-1)24-20-11-10-19-21-13-16(23(19)22-20)18-12-14-6-4-5-9-17(14)25-18/h4-6,9-13,15H,1-3,7-8H2. The van der Waals surface area contributed by atoms with Gasteiger partial charge in [-0.15, -0.1) is 5.10 Å². The molecule has 5 rings (SSSR count). The van der Waals surface area contributed by atoms with Gasteiger partial charge in [-0.3, -0.25) is 0 Å². The third-order valence-electron chi connectivity index (χ3n) is 4.86. The van der Waals surface area contributed by atoms with Crippen molar-refractivity contribution in [2.75, 3.05) is 0 Å². The Morgan fingerprint density at radius 3 is 2.80 bits per heavy atom. The third-order valence-corrected chi connectivity index (χ3v) is 4.86. The fraction of sp³-hybridized carbons (Fsp3) is 0.300. The first kappa shape index (κ1) is 14.5. The van der Waals surface area contributed by atoms with Crippen LogP contribution in [0.1, 0.15) is 32.1 Å². The molecule has 0 amide bonds. The van der Waals surface area contributed by atoms with Gasteiger partial charge in [0.25, 0.3) is 0 Å². The zero-order chi connectivity index (χ0) is 16.6. The van der Waals surface area contributed by atoms with Gasteiger partial charge in [0.15, 0.2) is 11.4 Å². The summed E-state index contributed by atoms with van der Waals surface area (Å²) < 4.78 is 13.9. The lowest BCUT2D eigenvalue weighted by atomic mass is 9.98. The van der Waals surface area contributed by atoms with Crippen LogP contribution in [0.3, 0.4) is 0 Å². The third kappa shape index (κ3) is 2.65. The number of imidazole rings is 1. The minimum absolute atomic E-state index is 0.275. The summed E-state index contributed by atoms with van der Waals surface area (Å²) in [5.41, 5.74) is 2.48. The summed E-state index contributed by atoms with van der Waals surface area (Å²) >= 11 is 0. The molecule has 0 spiro atoms. The number of hydrogen-bond acceptors (Lipinski definition) is 4. The zero-order valence-corrected chi connectivity index (χ0v) is 13.9. The van der Waals surface area contributed by atoms with E-state index < -0.39 is 0 Å². The van der Waals surface area contributed by atoms with Crippen LogP contribution >= 0.6 is 0 Å². The number of fused-ring (bicyclic) bond motifs is 2. The van der Waals surface area contributed by atoms with E-state index in [0.717, 1.165) is 40.9 Å². The van der Waals surface area contributed by atoms with Gasteiger partial charge in [0, 0.05) is 11.5 Å². The predicted molar refractivity (Wildman–Crippen MR) is 95.7 cm³/mol. The molecule has 4 aromatic rings. The van der Waals surface area contributed by atoms with Crippen molar-refractivity contribution in [3.63, 3.8) is 0 Å². The molecule has 1 aliphatic carbocycles. The fourth-order valence-electron chi connectivity index (χ4n) is 3.55. The molecule has 126 valence electrons. The van der Waals surface area contributed by atoms with Crippen LogP contribution in [0.4, 0.5) is 0 Å². The molecule has 5 nitrogen and oxygen atoms in total. The Balaban J connectivity index is 1.53. The van der Waals surface area contributed by atoms with E-state index in [1.807, 2.05) is 42.5 Å². The molecule has 1 aromatic carbocycles. The minimum atomic E-state index is 0.275. The molecular weight excluding hydrogens is 314 g/mol. The molecule has 0 atom stereocenters. The van der Waals surface area contributed by atoms with Crippen LogP contribution in [-0.4, -0.2) is 20.7 Å². The number of ether oxygens (including phenoxy) is 1. The largest absolute Gasteiger partial charge is 0.473 e. The first-order valence-electron chi connectivity index (χ1n) is 8.87. The maximum absolute atomic E-state index is 6.09. The molecule has 0 aliphatic heterocycles. The number of furan rings is 1. The quantitative estimate of drug-likeness (QED) is 0.537. The number of benzene rings is 1. The zero-order valence-electron chi connectivity index (χ0n) is 13.9. The van der Waals surface area contributed by atoms with Crippen molar-refractivity contribution in [3.05, 3.63) is 48.7 Å². The molecule has 1 aliphatic rings. The monoisotopic (exact) mass is 333 g/mol. The van der Waals surface area contributed by atoms with Gasteiger partial charge in [-0.25, -0.2) is 9.50 Å². The normalized spacial score (nSPS) is 15.8. The molecule has 0 saturated heterocycles. The van der Waals surface area contributed by atoms with Gasteiger partial charge in [-0.2, -0.15) is 0 Å². The number of aromatic nitrogens is 3. The molecule has 5 heteroatoms. The highest BCUT2D eigenvalue weighted by Gasteiger charge is 2.17. The lowest BCUT2D eigenvalue weighted by Gasteiger charge is -2.22. The van der Waals surface area contributed by atoms with Gasteiger partial charge in [0.05, 0.1) is 6.20 Å². The molecule has 1 fully saturated rings. The van der Waals surface area contributed by atoms with Crippen LogP contribution in [0.2, 0.25) is 0 Å². The van der Waals surface area contributed by atoms with Gasteiger partial charge in [0.2, 0.25) is 5.88 Å². The average molecular weight is 333 g/mol. The molecule has 0 bridgehead atoms. The van der Waals surface area contributed by atoms with E-state index in [1.54, 1.807) is 10.7 Å². The summed E-state index contributed by atoms with van der Waals surface area (Å²) in [5.74, 6) is 1.41. The number of hydrogen-bond donors (Lipinski definition) is 0. The van der Waals surface area contributed by atoms with Crippen molar-refractivity contribution in [2.24, 2.45) is 0 Å².